The number of para-hydroxylation sites is 1. The van der Waals surface area contributed by atoms with Gasteiger partial charge < -0.3 is 9.64 Å². The van der Waals surface area contributed by atoms with Crippen molar-refractivity contribution < 1.29 is 17.9 Å². The minimum Gasteiger partial charge on any atom is -0.456 e. The van der Waals surface area contributed by atoms with E-state index in [-0.39, 0.29) is 22.1 Å². The second-order valence-corrected chi connectivity index (χ2v) is 11.4. The summed E-state index contributed by atoms with van der Waals surface area (Å²) in [5.74, 6) is 0.483. The molecule has 0 radical (unpaired) electrons. The Morgan fingerprint density at radius 1 is 0.946 bits per heavy atom. The number of carbonyl (C=O) groups is 1. The van der Waals surface area contributed by atoms with E-state index < -0.39 is 10.0 Å². The number of benzene rings is 4. The number of rotatable bonds is 8. The van der Waals surface area contributed by atoms with Crippen LogP contribution >= 0.6 is 39.1 Å². The third kappa shape index (κ3) is 6.64. The van der Waals surface area contributed by atoms with Crippen LogP contribution in [0, 0.1) is 0 Å². The Labute approximate surface area is 234 Å². The van der Waals surface area contributed by atoms with Crippen molar-refractivity contribution in [3.05, 3.63) is 117 Å². The lowest BCUT2D eigenvalue weighted by molar-refractivity contribution is 0.0786. The van der Waals surface area contributed by atoms with Crippen molar-refractivity contribution in [3.63, 3.8) is 0 Å². The molecular weight excluding hydrogens is 599 g/mol. The second kappa shape index (κ2) is 11.6. The Bertz CT molecular complexity index is 1550. The van der Waals surface area contributed by atoms with Crippen LogP contribution in [0.3, 0.4) is 0 Å². The Balaban J connectivity index is 1.54. The minimum absolute atomic E-state index is 0.00562. The Hall–Kier alpha value is -3.04. The number of sulfonamides is 1. The van der Waals surface area contributed by atoms with Crippen molar-refractivity contribution in [2.45, 2.75) is 11.4 Å². The zero-order valence-electron chi connectivity index (χ0n) is 19.5. The Kier molecular flexibility index (Phi) is 8.44. The van der Waals surface area contributed by atoms with Gasteiger partial charge in [-0.15, -0.1) is 0 Å². The van der Waals surface area contributed by atoms with E-state index in [2.05, 4.69) is 20.7 Å². The highest BCUT2D eigenvalue weighted by Crippen LogP contribution is 2.30. The molecule has 0 aliphatic carbocycles. The van der Waals surface area contributed by atoms with Gasteiger partial charge in [0.05, 0.1) is 21.2 Å². The third-order valence-corrected chi connectivity index (χ3v) is 8.07. The van der Waals surface area contributed by atoms with Crippen molar-refractivity contribution >= 4 is 60.7 Å². The zero-order chi connectivity index (χ0) is 26.6. The number of hydrogen-bond acceptors (Lipinski definition) is 4. The van der Waals surface area contributed by atoms with Gasteiger partial charge in [0.15, 0.2) is 0 Å². The monoisotopic (exact) mass is 618 g/mol. The summed E-state index contributed by atoms with van der Waals surface area (Å²) in [6.07, 6.45) is 0. The maximum Gasteiger partial charge on any atom is 0.261 e. The number of halogens is 3. The average molecular weight is 620 g/mol. The average Bonchev–Trinajstić information content (AvgIpc) is 2.87. The molecule has 0 heterocycles. The molecule has 0 bridgehead atoms. The molecular formula is C27H21BrCl2N2O4S. The molecule has 0 saturated carbocycles. The molecule has 0 aliphatic heterocycles. The SMILES string of the molecule is CN(Cc1ccccc1Br)C(=O)c1cc(Cl)ccc1NS(=O)(=O)c1ccc(Oc2ccccc2Cl)cc1. The van der Waals surface area contributed by atoms with Gasteiger partial charge in [-0.1, -0.05) is 69.5 Å². The highest BCUT2D eigenvalue weighted by Gasteiger charge is 2.22. The number of carbonyl (C=O) groups excluding carboxylic acids is 1. The molecule has 37 heavy (non-hydrogen) atoms. The maximum absolute atomic E-state index is 13.3. The molecule has 4 aromatic rings. The summed E-state index contributed by atoms with van der Waals surface area (Å²) in [5, 5.41) is 0.743. The summed E-state index contributed by atoms with van der Waals surface area (Å²) in [7, 11) is -2.39. The molecule has 4 rings (SSSR count). The van der Waals surface area contributed by atoms with Gasteiger partial charge in [0, 0.05) is 23.1 Å². The molecule has 0 spiro atoms. The zero-order valence-corrected chi connectivity index (χ0v) is 23.4. The first kappa shape index (κ1) is 27.0. The maximum atomic E-state index is 13.3. The minimum atomic E-state index is -4.02. The number of hydrogen-bond donors (Lipinski definition) is 1. The largest absolute Gasteiger partial charge is 0.456 e. The number of amides is 1. The van der Waals surface area contributed by atoms with Crippen LogP contribution in [-0.4, -0.2) is 26.3 Å². The first-order chi connectivity index (χ1) is 17.6. The van der Waals surface area contributed by atoms with Gasteiger partial charge in [-0.05, 0) is 66.2 Å². The summed E-state index contributed by atoms with van der Waals surface area (Å²) in [6.45, 7) is 0.311. The van der Waals surface area contributed by atoms with E-state index in [0.717, 1.165) is 10.0 Å². The van der Waals surface area contributed by atoms with Crippen LogP contribution < -0.4 is 9.46 Å². The van der Waals surface area contributed by atoms with Gasteiger partial charge in [0.2, 0.25) is 0 Å². The lowest BCUT2D eigenvalue weighted by Gasteiger charge is -2.20. The van der Waals surface area contributed by atoms with Gasteiger partial charge in [0.25, 0.3) is 15.9 Å². The van der Waals surface area contributed by atoms with Gasteiger partial charge >= 0.3 is 0 Å². The van der Waals surface area contributed by atoms with Crippen molar-refractivity contribution in [2.75, 3.05) is 11.8 Å². The van der Waals surface area contributed by atoms with Gasteiger partial charge in [0.1, 0.15) is 11.5 Å². The van der Waals surface area contributed by atoms with E-state index in [1.807, 2.05) is 24.3 Å². The van der Waals surface area contributed by atoms with E-state index in [1.54, 1.807) is 31.3 Å². The van der Waals surface area contributed by atoms with E-state index in [4.69, 9.17) is 27.9 Å². The quantitative estimate of drug-likeness (QED) is 0.220. The highest BCUT2D eigenvalue weighted by molar-refractivity contribution is 9.10. The predicted molar refractivity (Wildman–Crippen MR) is 150 cm³/mol. The standard InChI is InChI=1S/C27H21BrCl2N2O4S/c1-32(17-18-6-2-3-7-23(18)28)27(33)22-16-19(29)10-15-25(22)31-37(34,35)21-13-11-20(12-14-21)36-26-9-5-4-8-24(26)30/h2-16,31H,17H2,1H3. The van der Waals surface area contributed by atoms with Crippen LogP contribution in [0.15, 0.2) is 100 Å². The van der Waals surface area contributed by atoms with Crippen molar-refractivity contribution in [1.29, 1.82) is 0 Å². The normalized spacial score (nSPS) is 11.1. The number of nitrogens with zero attached hydrogens (tertiary/aromatic N) is 1. The summed E-state index contributed by atoms with van der Waals surface area (Å²) < 4.78 is 35.4. The van der Waals surface area contributed by atoms with E-state index >= 15 is 0 Å². The van der Waals surface area contributed by atoms with Crippen LogP contribution in [-0.2, 0) is 16.6 Å². The first-order valence-electron chi connectivity index (χ1n) is 11.0. The molecule has 6 nitrogen and oxygen atoms in total. The molecule has 1 amide bonds. The predicted octanol–water partition coefficient (Wildman–Crippen LogP) is 7.62. The van der Waals surface area contributed by atoms with E-state index in [1.165, 1.54) is 47.4 Å². The topological polar surface area (TPSA) is 75.7 Å². The molecule has 0 unspecified atom stereocenters. The molecule has 190 valence electrons. The Morgan fingerprint density at radius 2 is 1.62 bits per heavy atom. The lowest BCUT2D eigenvalue weighted by atomic mass is 10.1. The molecule has 10 heteroatoms. The van der Waals surface area contributed by atoms with Crippen LogP contribution in [0.4, 0.5) is 5.69 Å². The van der Waals surface area contributed by atoms with Crippen LogP contribution in [0.25, 0.3) is 0 Å². The summed E-state index contributed by atoms with van der Waals surface area (Å²) in [4.78, 5) is 14.8. The van der Waals surface area contributed by atoms with Gasteiger partial charge in [-0.25, -0.2) is 8.42 Å². The Morgan fingerprint density at radius 3 is 2.32 bits per heavy atom. The van der Waals surface area contributed by atoms with Crippen LogP contribution in [0.5, 0.6) is 11.5 Å². The van der Waals surface area contributed by atoms with E-state index in [0.29, 0.717) is 28.1 Å². The molecule has 0 fully saturated rings. The second-order valence-electron chi connectivity index (χ2n) is 8.05. The molecule has 0 atom stereocenters. The fourth-order valence-corrected chi connectivity index (χ4v) is 5.32. The molecule has 4 aromatic carbocycles. The molecule has 0 aromatic heterocycles. The number of ether oxygens (including phenoxy) is 1. The number of nitrogens with one attached hydrogen (secondary N) is 1. The van der Waals surface area contributed by atoms with E-state index in [9.17, 15) is 13.2 Å². The molecule has 0 aliphatic rings. The third-order valence-electron chi connectivity index (χ3n) is 5.37. The van der Waals surface area contributed by atoms with Crippen LogP contribution in [0.1, 0.15) is 15.9 Å². The fourth-order valence-electron chi connectivity index (χ4n) is 3.49. The molecule has 0 saturated heterocycles. The summed E-state index contributed by atoms with van der Waals surface area (Å²) >= 11 is 15.8. The molecule has 1 N–H and O–H groups in total. The summed E-state index contributed by atoms with van der Waals surface area (Å²) in [6, 6.07) is 24.8. The van der Waals surface area contributed by atoms with Gasteiger partial charge in [-0.2, -0.15) is 0 Å². The van der Waals surface area contributed by atoms with Crippen molar-refractivity contribution in [3.8, 4) is 11.5 Å². The smallest absolute Gasteiger partial charge is 0.261 e. The van der Waals surface area contributed by atoms with Gasteiger partial charge in [-0.3, -0.25) is 9.52 Å². The first-order valence-corrected chi connectivity index (χ1v) is 14.0. The fraction of sp³-hybridized carbons (Fsp3) is 0.0741. The number of anilines is 1. The van der Waals surface area contributed by atoms with Crippen molar-refractivity contribution in [2.24, 2.45) is 0 Å². The van der Waals surface area contributed by atoms with Crippen LogP contribution in [0.2, 0.25) is 10.0 Å². The summed E-state index contributed by atoms with van der Waals surface area (Å²) in [5.41, 5.74) is 1.15. The van der Waals surface area contributed by atoms with Crippen molar-refractivity contribution in [1.82, 2.24) is 4.90 Å². The lowest BCUT2D eigenvalue weighted by Crippen LogP contribution is -2.27. The highest BCUT2D eigenvalue weighted by atomic mass is 79.9.